The Labute approximate surface area is 250 Å². The van der Waals surface area contributed by atoms with Gasteiger partial charge in [0.15, 0.2) is 0 Å². The number of carbonyl (C=O) groups excluding carboxylic acids is 3. The average Bonchev–Trinajstić information content (AvgIpc) is 3.16. The zero-order chi connectivity index (χ0) is 26.7. The molecule has 0 unspecified atom stereocenters. The Morgan fingerprint density at radius 3 is 2.35 bits per heavy atom. The van der Waals surface area contributed by atoms with Crippen molar-refractivity contribution >= 4 is 48.2 Å². The van der Waals surface area contributed by atoms with Gasteiger partial charge in [0.05, 0.1) is 11.3 Å². The molecule has 5 rings (SSSR count). The minimum Gasteiger partial charge on any atom is -0.344 e. The van der Waals surface area contributed by atoms with Gasteiger partial charge in [0.2, 0.25) is 17.7 Å². The number of amides is 3. The lowest BCUT2D eigenvalue weighted by Gasteiger charge is -2.39. The van der Waals surface area contributed by atoms with Crippen molar-refractivity contribution in [3.8, 4) is 0 Å². The molecule has 2 saturated heterocycles. The Balaban J connectivity index is 0.00000220. The molecule has 3 aliphatic heterocycles. The summed E-state index contributed by atoms with van der Waals surface area (Å²) in [5, 5.41) is 6.42. The minimum absolute atomic E-state index is 0. The first kappa shape index (κ1) is 31.9. The van der Waals surface area contributed by atoms with Crippen LogP contribution in [-0.2, 0) is 26.2 Å². The molecule has 3 amide bonds. The predicted octanol–water partition coefficient (Wildman–Crippen LogP) is 4.26. The van der Waals surface area contributed by atoms with Gasteiger partial charge >= 0.3 is 0 Å². The number of fused-ring (bicyclic) bond motifs is 1. The second kappa shape index (κ2) is 13.8. The average molecular weight is 590 g/mol. The van der Waals surface area contributed by atoms with Crippen molar-refractivity contribution in [1.82, 2.24) is 15.5 Å². The van der Waals surface area contributed by atoms with Crippen LogP contribution in [0.15, 0.2) is 54.6 Å². The topological polar surface area (TPSA) is 81.8 Å². The maximum absolute atomic E-state index is 13.7. The van der Waals surface area contributed by atoms with E-state index < -0.39 is 11.5 Å². The largest absolute Gasteiger partial charge is 0.344 e. The van der Waals surface area contributed by atoms with Crippen molar-refractivity contribution in [1.29, 1.82) is 0 Å². The molecule has 0 radical (unpaired) electrons. The zero-order valence-corrected chi connectivity index (χ0v) is 25.1. The van der Waals surface area contributed by atoms with Crippen molar-refractivity contribution in [3.05, 3.63) is 65.7 Å². The third kappa shape index (κ3) is 6.64. The summed E-state index contributed by atoms with van der Waals surface area (Å²) in [4.78, 5) is 44.1. The van der Waals surface area contributed by atoms with Gasteiger partial charge in [-0.3, -0.25) is 14.4 Å². The lowest BCUT2D eigenvalue weighted by atomic mass is 9.86. The fourth-order valence-corrected chi connectivity index (χ4v) is 6.24. The van der Waals surface area contributed by atoms with Crippen LogP contribution < -0.4 is 15.5 Å². The van der Waals surface area contributed by atoms with E-state index in [1.807, 2.05) is 66.1 Å². The Bertz CT molecular complexity index is 1160. The van der Waals surface area contributed by atoms with Gasteiger partial charge in [-0.05, 0) is 76.1 Å². The molecule has 0 aromatic heterocycles. The predicted molar refractivity (Wildman–Crippen MR) is 163 cm³/mol. The van der Waals surface area contributed by atoms with E-state index in [-0.39, 0.29) is 54.5 Å². The summed E-state index contributed by atoms with van der Waals surface area (Å²) in [5.74, 6) is 0.00802. The number of piperidine rings is 2. The number of nitrogens with zero attached hydrogens (tertiary/aromatic N) is 2. The van der Waals surface area contributed by atoms with Crippen molar-refractivity contribution < 1.29 is 14.4 Å². The van der Waals surface area contributed by atoms with E-state index >= 15 is 0 Å². The second-order valence-electron chi connectivity index (χ2n) is 11.5. The number of hydrogen-bond donors (Lipinski definition) is 2. The van der Waals surface area contributed by atoms with Crippen molar-refractivity contribution in [3.63, 3.8) is 0 Å². The molecule has 2 N–H and O–H groups in total. The molecule has 218 valence electrons. The molecule has 0 spiro atoms. The summed E-state index contributed by atoms with van der Waals surface area (Å²) in [6, 6.07) is 17.7. The van der Waals surface area contributed by atoms with Gasteiger partial charge < -0.3 is 20.4 Å². The maximum Gasteiger partial charge on any atom is 0.245 e. The van der Waals surface area contributed by atoms with Gasteiger partial charge in [-0.25, -0.2) is 0 Å². The van der Waals surface area contributed by atoms with Crippen molar-refractivity contribution in [2.24, 2.45) is 5.92 Å². The molecule has 40 heavy (non-hydrogen) atoms. The number of aryl methyl sites for hydroxylation is 1. The Kier molecular flexibility index (Phi) is 11.0. The zero-order valence-electron chi connectivity index (χ0n) is 23.4. The summed E-state index contributed by atoms with van der Waals surface area (Å²) in [7, 11) is 0. The van der Waals surface area contributed by atoms with Gasteiger partial charge in [-0.2, -0.15) is 0 Å². The molecule has 2 fully saturated rings. The molecule has 0 bridgehead atoms. The third-order valence-electron chi connectivity index (χ3n) is 8.58. The van der Waals surface area contributed by atoms with Gasteiger partial charge in [0.25, 0.3) is 0 Å². The highest BCUT2D eigenvalue weighted by atomic mass is 35.5. The first-order valence-corrected chi connectivity index (χ1v) is 14.1. The normalized spacial score (nSPS) is 21.1. The monoisotopic (exact) mass is 588 g/mol. The summed E-state index contributed by atoms with van der Waals surface area (Å²) in [6.45, 7) is 6.76. The van der Waals surface area contributed by atoms with Crippen LogP contribution in [0.1, 0.15) is 57.1 Å². The molecule has 3 aliphatic rings. The Morgan fingerprint density at radius 2 is 1.68 bits per heavy atom. The van der Waals surface area contributed by atoms with E-state index in [0.717, 1.165) is 55.5 Å². The second-order valence-corrected chi connectivity index (χ2v) is 11.5. The van der Waals surface area contributed by atoms with Gasteiger partial charge in [0, 0.05) is 31.4 Å². The van der Waals surface area contributed by atoms with Crippen LogP contribution in [0.25, 0.3) is 0 Å². The number of nitrogens with one attached hydrogen (secondary N) is 2. The van der Waals surface area contributed by atoms with Gasteiger partial charge in [-0.1, -0.05) is 48.5 Å². The molecular weight excluding hydrogens is 547 g/mol. The number of likely N-dealkylation sites (tertiary alicyclic amines) is 1. The molecule has 2 aromatic rings. The standard InChI is InChI=1S/C31H40N4O3.2ClH/c1-31(2)25-12-6-7-13-27(25)35(30(31)38)24-16-19-34(20-17-24)29(37)26(15-14-22-9-4-3-5-10-22)33-28(36)23-11-8-18-32-21-23;;/h3-7,9-10,12-13,23-24,26,32H,8,11,14-21H2,1-2H3,(H,33,36);2*1H/t23-,26+;;/m1../s1. The fourth-order valence-electron chi connectivity index (χ4n) is 6.24. The summed E-state index contributed by atoms with van der Waals surface area (Å²) in [6.07, 6.45) is 4.59. The lowest BCUT2D eigenvalue weighted by Crippen LogP contribution is -2.55. The molecular formula is C31H42Cl2N4O3. The van der Waals surface area contributed by atoms with E-state index in [1.54, 1.807) is 0 Å². The van der Waals surface area contributed by atoms with E-state index in [1.165, 1.54) is 0 Å². The highest BCUT2D eigenvalue weighted by Gasteiger charge is 2.47. The minimum atomic E-state index is -0.547. The van der Waals surface area contributed by atoms with E-state index in [4.69, 9.17) is 0 Å². The van der Waals surface area contributed by atoms with Gasteiger partial charge in [-0.15, -0.1) is 24.8 Å². The number of rotatable bonds is 7. The first-order valence-electron chi connectivity index (χ1n) is 14.1. The van der Waals surface area contributed by atoms with Crippen molar-refractivity contribution in [2.75, 3.05) is 31.1 Å². The Hall–Kier alpha value is -2.61. The molecule has 0 aliphatic carbocycles. The lowest BCUT2D eigenvalue weighted by molar-refractivity contribution is -0.138. The third-order valence-corrected chi connectivity index (χ3v) is 8.58. The molecule has 3 heterocycles. The quantitative estimate of drug-likeness (QED) is 0.506. The summed E-state index contributed by atoms with van der Waals surface area (Å²) in [5.41, 5.74) is 2.70. The Morgan fingerprint density at radius 1 is 1.00 bits per heavy atom. The van der Waals surface area contributed by atoms with Crippen LogP contribution >= 0.6 is 24.8 Å². The van der Waals surface area contributed by atoms with Gasteiger partial charge in [0.1, 0.15) is 6.04 Å². The highest BCUT2D eigenvalue weighted by Crippen LogP contribution is 2.43. The molecule has 7 nitrogen and oxygen atoms in total. The van der Waals surface area contributed by atoms with E-state index in [9.17, 15) is 14.4 Å². The number of benzene rings is 2. The van der Waals surface area contributed by atoms with Crippen molar-refractivity contribution in [2.45, 2.75) is 69.9 Å². The first-order chi connectivity index (χ1) is 18.4. The number of hydrogen-bond acceptors (Lipinski definition) is 4. The summed E-state index contributed by atoms with van der Waals surface area (Å²) >= 11 is 0. The number of halogens is 2. The van der Waals surface area contributed by atoms with Crippen LogP contribution in [-0.4, -0.2) is 60.9 Å². The molecule has 9 heteroatoms. The van der Waals surface area contributed by atoms with Crippen LogP contribution in [0, 0.1) is 5.92 Å². The number of carbonyl (C=O) groups is 3. The van der Waals surface area contributed by atoms with Crippen LogP contribution in [0.4, 0.5) is 5.69 Å². The fraction of sp³-hybridized carbons (Fsp3) is 0.516. The van der Waals surface area contributed by atoms with Crippen LogP contribution in [0.2, 0.25) is 0 Å². The van der Waals surface area contributed by atoms with E-state index in [2.05, 4.69) is 22.8 Å². The molecule has 2 atom stereocenters. The smallest absolute Gasteiger partial charge is 0.245 e. The molecule has 2 aromatic carbocycles. The highest BCUT2D eigenvalue weighted by molar-refractivity contribution is 6.08. The van der Waals surface area contributed by atoms with Crippen LogP contribution in [0.3, 0.4) is 0 Å². The summed E-state index contributed by atoms with van der Waals surface area (Å²) < 4.78 is 0. The van der Waals surface area contributed by atoms with Crippen LogP contribution in [0.5, 0.6) is 0 Å². The number of para-hydroxylation sites is 1. The molecule has 0 saturated carbocycles. The number of anilines is 1. The SMILES string of the molecule is CC1(C)C(=O)N(C2CCN(C(=O)[C@H](CCc3ccccc3)NC(=O)[C@@H]3CCCNC3)CC2)c2ccccc21.Cl.Cl. The maximum atomic E-state index is 13.7. The van der Waals surface area contributed by atoms with E-state index in [0.29, 0.717) is 26.1 Å².